The second-order valence-corrected chi connectivity index (χ2v) is 7.80. The van der Waals surface area contributed by atoms with Crippen molar-refractivity contribution >= 4 is 11.6 Å². The van der Waals surface area contributed by atoms with Gasteiger partial charge in [-0.15, -0.1) is 0 Å². The van der Waals surface area contributed by atoms with Gasteiger partial charge in [0, 0.05) is 31.9 Å². The zero-order chi connectivity index (χ0) is 17.9. The average Bonchev–Trinajstić information content (AvgIpc) is 2.62. The van der Waals surface area contributed by atoms with Crippen LogP contribution in [0.3, 0.4) is 0 Å². The monoisotopic (exact) mass is 336 g/mol. The van der Waals surface area contributed by atoms with Crippen molar-refractivity contribution in [3.8, 4) is 0 Å². The van der Waals surface area contributed by atoms with Crippen molar-refractivity contribution in [2.24, 2.45) is 0 Å². The molecule has 1 amide bonds. The summed E-state index contributed by atoms with van der Waals surface area (Å²) in [5.41, 5.74) is 3.90. The Morgan fingerprint density at radius 1 is 0.880 bits per heavy atom. The molecule has 1 heterocycles. The van der Waals surface area contributed by atoms with E-state index in [9.17, 15) is 4.79 Å². The van der Waals surface area contributed by atoms with Gasteiger partial charge in [-0.1, -0.05) is 69.3 Å². The van der Waals surface area contributed by atoms with E-state index < -0.39 is 0 Å². The van der Waals surface area contributed by atoms with E-state index >= 15 is 0 Å². The van der Waals surface area contributed by atoms with Crippen LogP contribution < -0.4 is 4.90 Å². The number of amides is 1. The Labute approximate surface area is 151 Å². The van der Waals surface area contributed by atoms with Crippen molar-refractivity contribution in [2.45, 2.75) is 32.6 Å². The maximum absolute atomic E-state index is 12.5. The molecule has 0 spiro atoms. The molecule has 1 aliphatic rings. The van der Waals surface area contributed by atoms with Crippen LogP contribution in [0.5, 0.6) is 0 Å². The maximum Gasteiger partial charge on any atom is 0.227 e. The Balaban J connectivity index is 1.64. The van der Waals surface area contributed by atoms with Crippen LogP contribution in [0, 0.1) is 0 Å². The number of carbonyl (C=O) groups is 1. The topological polar surface area (TPSA) is 23.6 Å². The van der Waals surface area contributed by atoms with Gasteiger partial charge in [-0.2, -0.15) is 0 Å². The van der Waals surface area contributed by atoms with Crippen molar-refractivity contribution in [2.75, 3.05) is 31.1 Å². The number of rotatable bonds is 3. The number of para-hydroxylation sites is 1. The molecule has 2 aromatic carbocycles. The molecule has 0 unspecified atom stereocenters. The van der Waals surface area contributed by atoms with E-state index in [0.717, 1.165) is 31.7 Å². The van der Waals surface area contributed by atoms with Crippen molar-refractivity contribution in [1.82, 2.24) is 4.90 Å². The van der Waals surface area contributed by atoms with Crippen LogP contribution in [0.4, 0.5) is 5.69 Å². The van der Waals surface area contributed by atoms with Gasteiger partial charge < -0.3 is 9.80 Å². The summed E-state index contributed by atoms with van der Waals surface area (Å²) in [7, 11) is 0. The molecule has 3 heteroatoms. The molecule has 0 radical (unpaired) electrons. The highest BCUT2D eigenvalue weighted by Crippen LogP contribution is 2.32. The summed E-state index contributed by atoms with van der Waals surface area (Å²) in [4.78, 5) is 17.0. The molecule has 2 aromatic rings. The molecular formula is C22H28N2O. The molecule has 132 valence electrons. The van der Waals surface area contributed by atoms with Gasteiger partial charge in [0.25, 0.3) is 0 Å². The van der Waals surface area contributed by atoms with Crippen LogP contribution in [0.25, 0.3) is 0 Å². The molecule has 3 nitrogen and oxygen atoms in total. The van der Waals surface area contributed by atoms with Crippen molar-refractivity contribution < 1.29 is 4.79 Å². The molecule has 0 aliphatic carbocycles. The molecule has 3 rings (SSSR count). The fourth-order valence-electron chi connectivity index (χ4n) is 3.46. The van der Waals surface area contributed by atoms with Gasteiger partial charge in [0.2, 0.25) is 5.91 Å². The lowest BCUT2D eigenvalue weighted by Crippen LogP contribution is -2.49. The highest BCUT2D eigenvalue weighted by atomic mass is 16.2. The number of carbonyl (C=O) groups excluding carboxylic acids is 1. The van der Waals surface area contributed by atoms with Gasteiger partial charge in [-0.3, -0.25) is 4.79 Å². The largest absolute Gasteiger partial charge is 0.368 e. The third-order valence-corrected chi connectivity index (χ3v) is 4.88. The van der Waals surface area contributed by atoms with E-state index in [1.807, 2.05) is 35.2 Å². The Morgan fingerprint density at radius 2 is 1.48 bits per heavy atom. The third-order valence-electron chi connectivity index (χ3n) is 4.88. The van der Waals surface area contributed by atoms with Gasteiger partial charge in [0.05, 0.1) is 6.42 Å². The van der Waals surface area contributed by atoms with Crippen LogP contribution in [0.2, 0.25) is 0 Å². The van der Waals surface area contributed by atoms with Gasteiger partial charge >= 0.3 is 0 Å². The Kier molecular flexibility index (Phi) is 5.12. The fraction of sp³-hybridized carbons (Fsp3) is 0.409. The molecule has 0 saturated carbocycles. The first-order valence-corrected chi connectivity index (χ1v) is 9.11. The molecule has 0 bridgehead atoms. The molecule has 1 saturated heterocycles. The maximum atomic E-state index is 12.5. The second-order valence-electron chi connectivity index (χ2n) is 7.80. The van der Waals surface area contributed by atoms with E-state index in [1.54, 1.807) is 0 Å². The van der Waals surface area contributed by atoms with Crippen LogP contribution in [-0.2, 0) is 16.6 Å². The lowest BCUT2D eigenvalue weighted by Gasteiger charge is -2.38. The Morgan fingerprint density at radius 3 is 2.12 bits per heavy atom. The highest BCUT2D eigenvalue weighted by Gasteiger charge is 2.25. The van der Waals surface area contributed by atoms with E-state index in [2.05, 4.69) is 49.9 Å². The minimum absolute atomic E-state index is 0.122. The van der Waals surface area contributed by atoms with Crippen LogP contribution in [0.15, 0.2) is 54.6 Å². The summed E-state index contributed by atoms with van der Waals surface area (Å²) in [5, 5.41) is 0. The number of nitrogens with zero attached hydrogens (tertiary/aromatic N) is 2. The second kappa shape index (κ2) is 7.30. The molecule has 1 fully saturated rings. The lowest BCUT2D eigenvalue weighted by atomic mass is 9.85. The van der Waals surface area contributed by atoms with Crippen molar-refractivity contribution in [3.63, 3.8) is 0 Å². The van der Waals surface area contributed by atoms with E-state index in [1.165, 1.54) is 11.3 Å². The number of piperazine rings is 1. The number of hydrogen-bond donors (Lipinski definition) is 0. The average molecular weight is 336 g/mol. The SMILES string of the molecule is CC(C)(C)c1ccccc1N1CCN(C(=O)Cc2ccccc2)CC1. The molecule has 1 aliphatic heterocycles. The fourth-order valence-corrected chi connectivity index (χ4v) is 3.46. The summed E-state index contributed by atoms with van der Waals surface area (Å²) in [5.74, 6) is 0.231. The Bertz CT molecular complexity index is 710. The first-order valence-electron chi connectivity index (χ1n) is 9.11. The van der Waals surface area contributed by atoms with Crippen molar-refractivity contribution in [3.05, 3.63) is 65.7 Å². The minimum Gasteiger partial charge on any atom is -0.368 e. The molecule has 0 aromatic heterocycles. The summed E-state index contributed by atoms with van der Waals surface area (Å²) in [6.45, 7) is 10.2. The van der Waals surface area contributed by atoms with Gasteiger partial charge in [-0.05, 0) is 22.6 Å². The van der Waals surface area contributed by atoms with Crippen LogP contribution >= 0.6 is 0 Å². The zero-order valence-corrected chi connectivity index (χ0v) is 15.5. The van der Waals surface area contributed by atoms with Gasteiger partial charge in [-0.25, -0.2) is 0 Å². The minimum atomic E-state index is 0.122. The predicted octanol–water partition coefficient (Wildman–Crippen LogP) is 3.88. The first-order chi connectivity index (χ1) is 11.9. The lowest BCUT2D eigenvalue weighted by molar-refractivity contribution is -0.130. The first kappa shape index (κ1) is 17.5. The smallest absolute Gasteiger partial charge is 0.227 e. The van der Waals surface area contributed by atoms with Gasteiger partial charge in [0.1, 0.15) is 0 Å². The number of benzene rings is 2. The normalized spacial score (nSPS) is 15.3. The quantitative estimate of drug-likeness (QED) is 0.849. The summed E-state index contributed by atoms with van der Waals surface area (Å²) < 4.78 is 0. The summed E-state index contributed by atoms with van der Waals surface area (Å²) >= 11 is 0. The summed E-state index contributed by atoms with van der Waals surface area (Å²) in [6.07, 6.45) is 0.499. The molecule has 25 heavy (non-hydrogen) atoms. The molecule has 0 atom stereocenters. The summed E-state index contributed by atoms with van der Waals surface area (Å²) in [6, 6.07) is 18.7. The van der Waals surface area contributed by atoms with E-state index in [0.29, 0.717) is 6.42 Å². The molecular weight excluding hydrogens is 308 g/mol. The number of hydrogen-bond acceptors (Lipinski definition) is 2. The van der Waals surface area contributed by atoms with Crippen LogP contribution in [-0.4, -0.2) is 37.0 Å². The number of anilines is 1. The standard InChI is InChI=1S/C22H28N2O/c1-22(2,3)19-11-7-8-12-20(19)23-13-15-24(16-14-23)21(25)17-18-9-5-4-6-10-18/h4-12H,13-17H2,1-3H3. The van der Waals surface area contributed by atoms with Gasteiger partial charge in [0.15, 0.2) is 0 Å². The van der Waals surface area contributed by atoms with Crippen LogP contribution in [0.1, 0.15) is 31.9 Å². The third kappa shape index (κ3) is 4.22. The van der Waals surface area contributed by atoms with E-state index in [-0.39, 0.29) is 11.3 Å². The predicted molar refractivity (Wildman–Crippen MR) is 104 cm³/mol. The zero-order valence-electron chi connectivity index (χ0n) is 15.5. The highest BCUT2D eigenvalue weighted by molar-refractivity contribution is 5.79. The molecule has 0 N–H and O–H groups in total. The van der Waals surface area contributed by atoms with E-state index in [4.69, 9.17) is 0 Å². The Hall–Kier alpha value is -2.29. The van der Waals surface area contributed by atoms with Crippen molar-refractivity contribution in [1.29, 1.82) is 0 Å².